The van der Waals surface area contributed by atoms with Crippen LogP contribution in [0.15, 0.2) is 36.5 Å². The van der Waals surface area contributed by atoms with Crippen molar-refractivity contribution < 1.29 is 0 Å². The lowest BCUT2D eigenvalue weighted by atomic mass is 10.00. The summed E-state index contributed by atoms with van der Waals surface area (Å²) in [5.74, 6) is 0.713. The van der Waals surface area contributed by atoms with Gasteiger partial charge in [0.15, 0.2) is 0 Å². The van der Waals surface area contributed by atoms with E-state index in [0.29, 0.717) is 12.0 Å². The molecule has 114 valence electrons. The summed E-state index contributed by atoms with van der Waals surface area (Å²) < 4.78 is 1.94. The van der Waals surface area contributed by atoms with Crippen molar-refractivity contribution in [3.05, 3.63) is 53.3 Å². The molecule has 0 fully saturated rings. The van der Waals surface area contributed by atoms with Gasteiger partial charge in [-0.1, -0.05) is 38.1 Å². The molecule has 0 aliphatic heterocycles. The SMILES string of the molecule is CC(C)Cc1ccc(C(C)NCCc2ccnn2C)cc1. The molecule has 3 nitrogen and oxygen atoms in total. The predicted molar refractivity (Wildman–Crippen MR) is 88.3 cm³/mol. The van der Waals surface area contributed by atoms with Gasteiger partial charge in [0.25, 0.3) is 0 Å². The molecular weight excluding hydrogens is 258 g/mol. The van der Waals surface area contributed by atoms with Crippen LogP contribution in [-0.4, -0.2) is 16.3 Å². The molecule has 0 saturated heterocycles. The number of nitrogens with zero attached hydrogens (tertiary/aromatic N) is 2. The van der Waals surface area contributed by atoms with Gasteiger partial charge >= 0.3 is 0 Å². The third kappa shape index (κ3) is 4.71. The first-order valence-electron chi connectivity index (χ1n) is 7.85. The van der Waals surface area contributed by atoms with Gasteiger partial charge in [-0.15, -0.1) is 0 Å². The Balaban J connectivity index is 1.82. The van der Waals surface area contributed by atoms with Crippen LogP contribution in [0.1, 0.15) is 43.6 Å². The highest BCUT2D eigenvalue weighted by molar-refractivity contribution is 5.25. The fourth-order valence-corrected chi connectivity index (χ4v) is 2.59. The van der Waals surface area contributed by atoms with Crippen LogP contribution < -0.4 is 5.32 Å². The van der Waals surface area contributed by atoms with Crippen molar-refractivity contribution in [2.75, 3.05) is 6.54 Å². The summed E-state index contributed by atoms with van der Waals surface area (Å²) in [6, 6.07) is 11.5. The van der Waals surface area contributed by atoms with E-state index in [2.05, 4.69) is 61.5 Å². The van der Waals surface area contributed by atoms with Gasteiger partial charge in [0.1, 0.15) is 0 Å². The summed E-state index contributed by atoms with van der Waals surface area (Å²) in [4.78, 5) is 0. The molecule has 0 bridgehead atoms. The lowest BCUT2D eigenvalue weighted by Gasteiger charge is -2.15. The number of aryl methyl sites for hydroxylation is 1. The highest BCUT2D eigenvalue weighted by atomic mass is 15.3. The van der Waals surface area contributed by atoms with Gasteiger partial charge in [-0.3, -0.25) is 4.68 Å². The third-order valence-corrected chi connectivity index (χ3v) is 3.88. The van der Waals surface area contributed by atoms with Crippen LogP contribution in [0.2, 0.25) is 0 Å². The zero-order valence-corrected chi connectivity index (χ0v) is 13.6. The lowest BCUT2D eigenvalue weighted by Crippen LogP contribution is -2.22. The van der Waals surface area contributed by atoms with Crippen molar-refractivity contribution in [3.63, 3.8) is 0 Å². The minimum atomic E-state index is 0.381. The highest BCUT2D eigenvalue weighted by Gasteiger charge is 2.06. The van der Waals surface area contributed by atoms with Gasteiger partial charge < -0.3 is 5.32 Å². The maximum absolute atomic E-state index is 4.19. The Morgan fingerprint density at radius 3 is 2.38 bits per heavy atom. The largest absolute Gasteiger partial charge is 0.310 e. The molecule has 1 atom stereocenters. The van der Waals surface area contributed by atoms with Crippen LogP contribution in [0.25, 0.3) is 0 Å². The van der Waals surface area contributed by atoms with E-state index in [9.17, 15) is 0 Å². The first kappa shape index (κ1) is 15.8. The molecule has 0 aliphatic carbocycles. The van der Waals surface area contributed by atoms with E-state index in [1.54, 1.807) is 0 Å². The van der Waals surface area contributed by atoms with Crippen LogP contribution in [0.4, 0.5) is 0 Å². The standard InChI is InChI=1S/C18H27N3/c1-14(2)13-16-5-7-17(8-6-16)15(3)19-11-9-18-10-12-20-21(18)4/h5-8,10,12,14-15,19H,9,11,13H2,1-4H3. The molecule has 21 heavy (non-hydrogen) atoms. The monoisotopic (exact) mass is 285 g/mol. The summed E-state index contributed by atoms with van der Waals surface area (Å²) in [6.07, 6.45) is 4.01. The average molecular weight is 285 g/mol. The van der Waals surface area contributed by atoms with Crippen LogP contribution in [-0.2, 0) is 19.9 Å². The molecule has 0 aliphatic rings. The molecule has 0 radical (unpaired) electrons. The molecule has 1 aromatic heterocycles. The van der Waals surface area contributed by atoms with Gasteiger partial charge in [-0.05, 0) is 36.5 Å². The van der Waals surface area contributed by atoms with E-state index < -0.39 is 0 Å². The summed E-state index contributed by atoms with van der Waals surface area (Å²) in [6.45, 7) is 7.71. The smallest absolute Gasteiger partial charge is 0.0492 e. The van der Waals surface area contributed by atoms with Gasteiger partial charge in [-0.2, -0.15) is 5.10 Å². The topological polar surface area (TPSA) is 29.9 Å². The van der Waals surface area contributed by atoms with E-state index in [0.717, 1.165) is 19.4 Å². The van der Waals surface area contributed by atoms with Crippen molar-refractivity contribution in [1.29, 1.82) is 0 Å². The van der Waals surface area contributed by atoms with E-state index in [1.165, 1.54) is 16.8 Å². The van der Waals surface area contributed by atoms with E-state index in [1.807, 2.05) is 17.9 Å². The second-order valence-electron chi connectivity index (χ2n) is 6.21. The Kier molecular flexibility index (Phi) is 5.57. The number of hydrogen-bond donors (Lipinski definition) is 1. The minimum Gasteiger partial charge on any atom is -0.310 e. The van der Waals surface area contributed by atoms with Crippen molar-refractivity contribution in [3.8, 4) is 0 Å². The third-order valence-electron chi connectivity index (χ3n) is 3.88. The second-order valence-corrected chi connectivity index (χ2v) is 6.21. The van der Waals surface area contributed by atoms with Crippen LogP contribution in [0.3, 0.4) is 0 Å². The van der Waals surface area contributed by atoms with Gasteiger partial charge in [0, 0.05) is 37.9 Å². The molecule has 1 aromatic carbocycles. The molecule has 1 N–H and O–H groups in total. The van der Waals surface area contributed by atoms with E-state index >= 15 is 0 Å². The molecule has 1 heterocycles. The van der Waals surface area contributed by atoms with E-state index in [4.69, 9.17) is 0 Å². The number of rotatable bonds is 7. The van der Waals surface area contributed by atoms with Gasteiger partial charge in [0.05, 0.1) is 0 Å². The Morgan fingerprint density at radius 1 is 1.10 bits per heavy atom. The molecule has 0 amide bonds. The van der Waals surface area contributed by atoms with E-state index in [-0.39, 0.29) is 0 Å². The maximum atomic E-state index is 4.19. The Labute approximate surface area is 128 Å². The molecule has 2 aromatic rings. The maximum Gasteiger partial charge on any atom is 0.0492 e. The number of benzene rings is 1. The van der Waals surface area contributed by atoms with Gasteiger partial charge in [-0.25, -0.2) is 0 Å². The molecule has 1 unspecified atom stereocenters. The van der Waals surface area contributed by atoms with Crippen molar-refractivity contribution in [2.45, 2.75) is 39.7 Å². The fraction of sp³-hybridized carbons (Fsp3) is 0.500. The Morgan fingerprint density at radius 2 is 1.81 bits per heavy atom. The average Bonchev–Trinajstić information content (AvgIpc) is 2.84. The summed E-state index contributed by atoms with van der Waals surface area (Å²) in [5.41, 5.74) is 4.05. The quantitative estimate of drug-likeness (QED) is 0.843. The van der Waals surface area contributed by atoms with Crippen LogP contribution >= 0.6 is 0 Å². The number of hydrogen-bond acceptors (Lipinski definition) is 2. The molecule has 0 spiro atoms. The zero-order chi connectivity index (χ0) is 15.2. The zero-order valence-electron chi connectivity index (χ0n) is 13.6. The number of nitrogens with one attached hydrogen (secondary N) is 1. The fourth-order valence-electron chi connectivity index (χ4n) is 2.59. The van der Waals surface area contributed by atoms with Gasteiger partial charge in [0.2, 0.25) is 0 Å². The normalized spacial score (nSPS) is 12.8. The first-order chi connectivity index (χ1) is 10.1. The second kappa shape index (κ2) is 7.41. The van der Waals surface area contributed by atoms with Crippen LogP contribution in [0.5, 0.6) is 0 Å². The molecular formula is C18H27N3. The van der Waals surface area contributed by atoms with Crippen molar-refractivity contribution in [2.24, 2.45) is 13.0 Å². The highest BCUT2D eigenvalue weighted by Crippen LogP contribution is 2.15. The lowest BCUT2D eigenvalue weighted by molar-refractivity contribution is 0.563. The first-order valence-corrected chi connectivity index (χ1v) is 7.85. The Bertz CT molecular complexity index is 540. The summed E-state index contributed by atoms with van der Waals surface area (Å²) >= 11 is 0. The van der Waals surface area contributed by atoms with Crippen molar-refractivity contribution in [1.82, 2.24) is 15.1 Å². The molecule has 3 heteroatoms. The minimum absolute atomic E-state index is 0.381. The predicted octanol–water partition coefficient (Wildman–Crippen LogP) is 3.51. The summed E-state index contributed by atoms with van der Waals surface area (Å²) in [5, 5.41) is 7.78. The number of aromatic nitrogens is 2. The molecule has 2 rings (SSSR count). The van der Waals surface area contributed by atoms with Crippen LogP contribution in [0, 0.1) is 5.92 Å². The Hall–Kier alpha value is -1.61. The van der Waals surface area contributed by atoms with Crippen molar-refractivity contribution >= 4 is 0 Å². The summed E-state index contributed by atoms with van der Waals surface area (Å²) in [7, 11) is 1.99. The molecule has 0 saturated carbocycles.